The molecule has 6 nitrogen and oxygen atoms in total. The Bertz CT molecular complexity index is 1010. The predicted molar refractivity (Wildman–Crippen MR) is 89.2 cm³/mol. The molecule has 0 fully saturated rings. The first-order valence-electron chi connectivity index (χ1n) is 7.60. The van der Waals surface area contributed by atoms with E-state index < -0.39 is 16.4 Å². The number of nitrogens with zero attached hydrogens (tertiary/aromatic N) is 1. The summed E-state index contributed by atoms with van der Waals surface area (Å²) in [6, 6.07) is 9.70. The lowest BCUT2D eigenvalue weighted by atomic mass is 10.1. The molecule has 1 heterocycles. The van der Waals surface area contributed by atoms with Crippen molar-refractivity contribution in [3.63, 3.8) is 0 Å². The maximum absolute atomic E-state index is 13.4. The molecule has 0 aliphatic heterocycles. The van der Waals surface area contributed by atoms with Gasteiger partial charge in [-0.15, -0.1) is 0 Å². The molecular weight excluding hydrogens is 329 g/mol. The van der Waals surface area contributed by atoms with Gasteiger partial charge in [-0.25, -0.2) is 9.18 Å². The smallest absolute Gasteiger partial charge is 0.336 e. The van der Waals surface area contributed by atoms with Crippen molar-refractivity contribution in [3.05, 3.63) is 79.9 Å². The van der Waals surface area contributed by atoms with Crippen LogP contribution >= 0.6 is 0 Å². The summed E-state index contributed by atoms with van der Waals surface area (Å²) in [6.45, 7) is 1.85. The molecule has 0 saturated carbocycles. The molecule has 1 aromatic heterocycles. The first-order valence-corrected chi connectivity index (χ1v) is 7.60. The number of nitro groups is 1. The fourth-order valence-electron chi connectivity index (χ4n) is 2.52. The summed E-state index contributed by atoms with van der Waals surface area (Å²) in [5.41, 5.74) is 1.04. The van der Waals surface area contributed by atoms with Gasteiger partial charge in [-0.05, 0) is 24.1 Å². The van der Waals surface area contributed by atoms with Crippen LogP contribution in [-0.2, 0) is 13.0 Å². The number of rotatable bonds is 5. The van der Waals surface area contributed by atoms with Crippen LogP contribution in [-0.4, -0.2) is 4.92 Å². The van der Waals surface area contributed by atoms with Crippen molar-refractivity contribution in [2.45, 2.75) is 20.0 Å². The molecule has 0 aliphatic rings. The number of hydrogen-bond donors (Lipinski definition) is 0. The van der Waals surface area contributed by atoms with Crippen LogP contribution in [0.5, 0.6) is 5.75 Å². The van der Waals surface area contributed by atoms with Crippen LogP contribution in [0.15, 0.2) is 51.7 Å². The van der Waals surface area contributed by atoms with E-state index in [2.05, 4.69) is 0 Å². The third kappa shape index (κ3) is 3.50. The van der Waals surface area contributed by atoms with E-state index in [0.717, 1.165) is 30.2 Å². The van der Waals surface area contributed by atoms with Crippen molar-refractivity contribution in [2.24, 2.45) is 0 Å². The van der Waals surface area contributed by atoms with Crippen LogP contribution in [0.4, 0.5) is 10.1 Å². The second-order valence-electron chi connectivity index (χ2n) is 5.43. The molecule has 3 rings (SSSR count). The van der Waals surface area contributed by atoms with Gasteiger partial charge in [0.2, 0.25) is 0 Å². The zero-order valence-electron chi connectivity index (χ0n) is 13.3. The summed E-state index contributed by atoms with van der Waals surface area (Å²) in [7, 11) is 0. The second-order valence-corrected chi connectivity index (χ2v) is 5.43. The largest absolute Gasteiger partial charge is 0.482 e. The topological polar surface area (TPSA) is 82.6 Å². The van der Waals surface area contributed by atoms with E-state index in [0.29, 0.717) is 16.5 Å². The molecule has 25 heavy (non-hydrogen) atoms. The van der Waals surface area contributed by atoms with Gasteiger partial charge >= 0.3 is 11.3 Å². The quantitative estimate of drug-likeness (QED) is 0.397. The molecule has 0 amide bonds. The van der Waals surface area contributed by atoms with Gasteiger partial charge in [-0.1, -0.05) is 19.1 Å². The van der Waals surface area contributed by atoms with E-state index >= 15 is 0 Å². The Morgan fingerprint density at radius 3 is 2.72 bits per heavy atom. The molecule has 0 unspecified atom stereocenters. The molecule has 0 spiro atoms. The van der Waals surface area contributed by atoms with Gasteiger partial charge in [-0.3, -0.25) is 10.1 Å². The van der Waals surface area contributed by atoms with Crippen molar-refractivity contribution < 1.29 is 18.5 Å². The van der Waals surface area contributed by atoms with Crippen molar-refractivity contribution >= 4 is 16.7 Å². The number of benzene rings is 2. The normalized spacial score (nSPS) is 10.8. The third-order valence-corrected chi connectivity index (χ3v) is 3.80. The highest BCUT2D eigenvalue weighted by Crippen LogP contribution is 2.29. The number of halogens is 1. The van der Waals surface area contributed by atoms with E-state index in [4.69, 9.17) is 9.15 Å². The first-order chi connectivity index (χ1) is 12.0. The molecule has 0 atom stereocenters. The van der Waals surface area contributed by atoms with Gasteiger partial charge < -0.3 is 9.15 Å². The fraction of sp³-hybridized carbons (Fsp3) is 0.167. The molecule has 3 aromatic rings. The Labute approximate surface area is 141 Å². The molecule has 0 saturated heterocycles. The van der Waals surface area contributed by atoms with E-state index in [-0.39, 0.29) is 18.0 Å². The van der Waals surface area contributed by atoms with Crippen molar-refractivity contribution in [3.8, 4) is 5.75 Å². The third-order valence-electron chi connectivity index (χ3n) is 3.80. The number of aryl methyl sites for hydroxylation is 1. The molecule has 2 aromatic carbocycles. The van der Waals surface area contributed by atoms with Crippen molar-refractivity contribution in [2.75, 3.05) is 0 Å². The van der Waals surface area contributed by atoms with Gasteiger partial charge in [0.05, 0.1) is 4.92 Å². The lowest BCUT2D eigenvalue weighted by Gasteiger charge is -2.09. The predicted octanol–water partition coefficient (Wildman–Crippen LogP) is 3.98. The number of fused-ring (bicyclic) bond motifs is 1. The minimum absolute atomic E-state index is 0.127. The standard InChI is InChI=1S/C18H14FNO5/c1-2-11-3-5-14-12(8-18(21)25-16(14)7-11)10-24-17-9-13(19)4-6-15(17)20(22)23/h3-9H,2,10H2,1H3. The Morgan fingerprint density at radius 2 is 2.00 bits per heavy atom. The maximum Gasteiger partial charge on any atom is 0.336 e. The van der Waals surface area contributed by atoms with Gasteiger partial charge in [0.25, 0.3) is 0 Å². The molecular formula is C18H14FNO5. The van der Waals surface area contributed by atoms with Crippen LogP contribution in [0, 0.1) is 15.9 Å². The summed E-state index contributed by atoms with van der Waals surface area (Å²) >= 11 is 0. The zero-order chi connectivity index (χ0) is 18.0. The summed E-state index contributed by atoms with van der Waals surface area (Å²) < 4.78 is 24.0. The van der Waals surface area contributed by atoms with Crippen molar-refractivity contribution in [1.82, 2.24) is 0 Å². The summed E-state index contributed by atoms with van der Waals surface area (Å²) in [6.07, 6.45) is 0.788. The van der Waals surface area contributed by atoms with Gasteiger partial charge in [0.1, 0.15) is 18.0 Å². The highest BCUT2D eigenvalue weighted by Gasteiger charge is 2.17. The Balaban J connectivity index is 1.98. The minimum atomic E-state index is -0.653. The van der Waals surface area contributed by atoms with Gasteiger partial charge in [-0.2, -0.15) is 0 Å². The van der Waals surface area contributed by atoms with Crippen molar-refractivity contribution in [1.29, 1.82) is 0 Å². The summed E-state index contributed by atoms with van der Waals surface area (Å²) in [4.78, 5) is 22.1. The Hall–Kier alpha value is -3.22. The maximum atomic E-state index is 13.4. The van der Waals surface area contributed by atoms with E-state index in [1.807, 2.05) is 13.0 Å². The SMILES string of the molecule is CCc1ccc2c(COc3cc(F)ccc3[N+](=O)[O-])cc(=O)oc2c1. The average molecular weight is 343 g/mol. The van der Waals surface area contributed by atoms with E-state index in [9.17, 15) is 19.3 Å². The summed E-state index contributed by atoms with van der Waals surface area (Å²) in [5, 5.41) is 11.7. The van der Waals surface area contributed by atoms with Crippen LogP contribution in [0.3, 0.4) is 0 Å². The Morgan fingerprint density at radius 1 is 1.20 bits per heavy atom. The lowest BCUT2D eigenvalue weighted by Crippen LogP contribution is -2.05. The second kappa shape index (κ2) is 6.72. The summed E-state index contributed by atoms with van der Waals surface area (Å²) in [5.74, 6) is -0.845. The number of nitro benzene ring substituents is 1. The van der Waals surface area contributed by atoms with Crippen LogP contribution in [0.25, 0.3) is 11.0 Å². The zero-order valence-corrected chi connectivity index (χ0v) is 13.3. The van der Waals surface area contributed by atoms with Crippen LogP contribution < -0.4 is 10.4 Å². The fourth-order valence-corrected chi connectivity index (χ4v) is 2.52. The highest BCUT2D eigenvalue weighted by atomic mass is 19.1. The minimum Gasteiger partial charge on any atom is -0.482 e. The molecule has 0 aliphatic carbocycles. The highest BCUT2D eigenvalue weighted by molar-refractivity contribution is 5.80. The van der Waals surface area contributed by atoms with Crippen LogP contribution in [0.2, 0.25) is 0 Å². The number of hydrogen-bond acceptors (Lipinski definition) is 5. The van der Waals surface area contributed by atoms with Gasteiger partial charge in [0, 0.05) is 29.1 Å². The number of ether oxygens (including phenoxy) is 1. The molecule has 128 valence electrons. The molecule has 0 bridgehead atoms. The van der Waals surface area contributed by atoms with E-state index in [1.165, 1.54) is 6.07 Å². The van der Waals surface area contributed by atoms with E-state index in [1.54, 1.807) is 12.1 Å². The van der Waals surface area contributed by atoms with Crippen LogP contribution in [0.1, 0.15) is 18.1 Å². The Kier molecular flexibility index (Phi) is 4.47. The average Bonchev–Trinajstić information content (AvgIpc) is 2.58. The molecule has 0 N–H and O–H groups in total. The van der Waals surface area contributed by atoms with Gasteiger partial charge in [0.15, 0.2) is 5.75 Å². The molecule has 7 heteroatoms. The monoisotopic (exact) mass is 343 g/mol. The first kappa shape index (κ1) is 16.6. The molecule has 0 radical (unpaired) electrons. The lowest BCUT2D eigenvalue weighted by molar-refractivity contribution is -0.386.